The molecule has 0 aliphatic carbocycles. The third kappa shape index (κ3) is 5.63. The van der Waals surface area contributed by atoms with Crippen molar-refractivity contribution in [2.45, 2.75) is 0 Å². The van der Waals surface area contributed by atoms with E-state index < -0.39 is 0 Å². The van der Waals surface area contributed by atoms with Crippen LogP contribution in [0.1, 0.15) is 11.1 Å². The lowest BCUT2D eigenvalue weighted by Crippen LogP contribution is -1.99. The lowest BCUT2D eigenvalue weighted by atomic mass is 9.92. The second-order valence-electron chi connectivity index (χ2n) is 14.8. The van der Waals surface area contributed by atoms with Gasteiger partial charge in [0, 0.05) is 55.2 Å². The highest BCUT2D eigenvalue weighted by atomic mass is 15.0. The second-order valence-corrected chi connectivity index (χ2v) is 14.8. The predicted octanol–water partition coefficient (Wildman–Crippen LogP) is 13.1. The maximum absolute atomic E-state index is 10.6. The first-order valence-electron chi connectivity index (χ1n) is 19.8. The third-order valence-electron chi connectivity index (χ3n) is 11.4. The summed E-state index contributed by atoms with van der Waals surface area (Å²) >= 11 is 0. The van der Waals surface area contributed by atoms with E-state index in [0.717, 1.165) is 55.6 Å². The van der Waals surface area contributed by atoms with Crippen molar-refractivity contribution in [1.82, 2.24) is 19.1 Å². The molecule has 0 aliphatic rings. The van der Waals surface area contributed by atoms with Crippen LogP contribution in [0.2, 0.25) is 0 Å². The maximum Gasteiger partial charge on any atom is 0.160 e. The third-order valence-corrected chi connectivity index (χ3v) is 11.4. The fourth-order valence-electron chi connectivity index (χ4n) is 8.66. The van der Waals surface area contributed by atoms with Crippen LogP contribution in [0.15, 0.2) is 194 Å². The number of nitriles is 2. The average Bonchev–Trinajstić information content (AvgIpc) is 3.84. The first-order chi connectivity index (χ1) is 29.7. The molecule has 0 radical (unpaired) electrons. The number of benzene rings is 8. The first kappa shape index (κ1) is 34.7. The number of fused-ring (bicyclic) bond motifs is 6. The van der Waals surface area contributed by atoms with Gasteiger partial charge in [0.25, 0.3) is 0 Å². The fourth-order valence-corrected chi connectivity index (χ4v) is 8.66. The van der Waals surface area contributed by atoms with Crippen LogP contribution in [0.3, 0.4) is 0 Å². The molecule has 6 nitrogen and oxygen atoms in total. The number of para-hydroxylation sites is 3. The van der Waals surface area contributed by atoms with Gasteiger partial charge in [-0.2, -0.15) is 10.5 Å². The summed E-state index contributed by atoms with van der Waals surface area (Å²) < 4.78 is 4.65. The number of aromatic nitrogens is 4. The topological polar surface area (TPSA) is 83.2 Å². The minimum absolute atomic E-state index is 0.422. The quantitative estimate of drug-likeness (QED) is 0.169. The summed E-state index contributed by atoms with van der Waals surface area (Å²) in [7, 11) is 0. The molecule has 0 fully saturated rings. The van der Waals surface area contributed by atoms with Crippen molar-refractivity contribution in [3.05, 3.63) is 205 Å². The molecule has 60 heavy (non-hydrogen) atoms. The Labute approximate surface area is 345 Å². The Balaban J connectivity index is 1.01. The summed E-state index contributed by atoms with van der Waals surface area (Å²) in [4.78, 5) is 9.85. The number of hydrogen-bond donors (Lipinski definition) is 0. The lowest BCUT2D eigenvalue weighted by Gasteiger charge is -2.14. The van der Waals surface area contributed by atoms with E-state index in [1.165, 1.54) is 21.8 Å². The van der Waals surface area contributed by atoms with Gasteiger partial charge in [-0.25, -0.2) is 9.97 Å². The standard InChI is InChI=1S/C54H32N6/c55-33-38-30-46(49-32-48(36-13-3-1-4-14-36)57-54(58-49)37-15-5-2-6-16-37)39(34-56)29-45(38)35-23-25-40(26-24-35)59-52-22-12-9-19-44(52)47-31-41(27-28-53(47)59)60-50-20-10-7-17-42(50)43-18-8-11-21-51(43)60/h1-32H. The molecular formula is C54H32N6. The molecule has 0 spiro atoms. The van der Waals surface area contributed by atoms with Crippen molar-refractivity contribution >= 4 is 43.6 Å². The van der Waals surface area contributed by atoms with E-state index in [9.17, 15) is 10.5 Å². The van der Waals surface area contributed by atoms with E-state index in [1.807, 2.05) is 84.9 Å². The van der Waals surface area contributed by atoms with Crippen LogP contribution < -0.4 is 0 Å². The normalized spacial score (nSPS) is 11.3. The molecule has 0 N–H and O–H groups in total. The van der Waals surface area contributed by atoms with Crippen LogP contribution in [0, 0.1) is 22.7 Å². The van der Waals surface area contributed by atoms with E-state index in [-0.39, 0.29) is 0 Å². The zero-order chi connectivity index (χ0) is 40.2. The highest BCUT2D eigenvalue weighted by Gasteiger charge is 2.19. The molecule has 0 bridgehead atoms. The van der Waals surface area contributed by atoms with Gasteiger partial charge in [0.15, 0.2) is 5.82 Å². The van der Waals surface area contributed by atoms with Crippen molar-refractivity contribution in [2.75, 3.05) is 0 Å². The van der Waals surface area contributed by atoms with Crippen molar-refractivity contribution in [2.24, 2.45) is 0 Å². The van der Waals surface area contributed by atoms with E-state index in [1.54, 1.807) is 6.07 Å². The molecule has 11 rings (SSSR count). The molecule has 278 valence electrons. The van der Waals surface area contributed by atoms with Crippen LogP contribution in [0.5, 0.6) is 0 Å². The van der Waals surface area contributed by atoms with Crippen molar-refractivity contribution < 1.29 is 0 Å². The maximum atomic E-state index is 10.6. The van der Waals surface area contributed by atoms with Crippen LogP contribution in [0.25, 0.3) is 100 Å². The summed E-state index contributed by atoms with van der Waals surface area (Å²) in [6, 6.07) is 70.7. The van der Waals surface area contributed by atoms with Gasteiger partial charge in [0.2, 0.25) is 0 Å². The predicted molar refractivity (Wildman–Crippen MR) is 242 cm³/mol. The van der Waals surface area contributed by atoms with E-state index in [4.69, 9.17) is 9.97 Å². The zero-order valence-electron chi connectivity index (χ0n) is 32.2. The monoisotopic (exact) mass is 764 g/mol. The molecular weight excluding hydrogens is 733 g/mol. The van der Waals surface area contributed by atoms with Gasteiger partial charge in [-0.1, -0.05) is 127 Å². The van der Waals surface area contributed by atoms with Crippen LogP contribution >= 0.6 is 0 Å². The van der Waals surface area contributed by atoms with Crippen LogP contribution in [-0.2, 0) is 0 Å². The van der Waals surface area contributed by atoms with Gasteiger partial charge in [-0.15, -0.1) is 0 Å². The molecule has 6 heteroatoms. The van der Waals surface area contributed by atoms with E-state index in [0.29, 0.717) is 33.8 Å². The Hall–Kier alpha value is -8.58. The molecule has 3 aromatic heterocycles. The Morgan fingerprint density at radius 3 is 1.43 bits per heavy atom. The lowest BCUT2D eigenvalue weighted by molar-refractivity contribution is 1.17. The largest absolute Gasteiger partial charge is 0.309 e. The van der Waals surface area contributed by atoms with Crippen molar-refractivity contribution in [1.29, 1.82) is 10.5 Å². The smallest absolute Gasteiger partial charge is 0.160 e. The van der Waals surface area contributed by atoms with Crippen LogP contribution in [-0.4, -0.2) is 19.1 Å². The number of rotatable bonds is 6. The van der Waals surface area contributed by atoms with Crippen molar-refractivity contribution in [3.8, 4) is 68.5 Å². The Morgan fingerprint density at radius 2 is 0.817 bits per heavy atom. The fraction of sp³-hybridized carbons (Fsp3) is 0. The van der Waals surface area contributed by atoms with Gasteiger partial charge < -0.3 is 9.13 Å². The van der Waals surface area contributed by atoms with Crippen LogP contribution in [0.4, 0.5) is 0 Å². The highest BCUT2D eigenvalue weighted by Crippen LogP contribution is 2.38. The Bertz CT molecular complexity index is 3440. The van der Waals surface area contributed by atoms with E-state index >= 15 is 0 Å². The molecule has 0 aliphatic heterocycles. The summed E-state index contributed by atoms with van der Waals surface area (Å²) in [5, 5.41) is 25.9. The van der Waals surface area contributed by atoms with Gasteiger partial charge in [-0.05, 0) is 72.3 Å². The molecule has 0 unspecified atom stereocenters. The molecule has 11 aromatic rings. The summed E-state index contributed by atoms with van der Waals surface area (Å²) in [5.74, 6) is 0.544. The molecule has 8 aromatic carbocycles. The molecule has 0 saturated carbocycles. The van der Waals surface area contributed by atoms with Crippen molar-refractivity contribution in [3.63, 3.8) is 0 Å². The first-order valence-corrected chi connectivity index (χ1v) is 19.8. The molecule has 0 saturated heterocycles. The Morgan fingerprint density at radius 1 is 0.350 bits per heavy atom. The SMILES string of the molecule is N#Cc1cc(-c2cc(-c3ccccc3)nc(-c3ccccc3)n2)c(C#N)cc1-c1ccc(-n2c3ccccc3c3cc(-n4c5ccccc5c5ccccc54)ccc32)cc1. The summed E-state index contributed by atoms with van der Waals surface area (Å²) in [5.41, 5.74) is 12.7. The van der Waals surface area contributed by atoms with Gasteiger partial charge in [-0.3, -0.25) is 0 Å². The second kappa shape index (κ2) is 14.1. The molecule has 3 heterocycles. The molecule has 0 atom stereocenters. The van der Waals surface area contributed by atoms with E-state index in [2.05, 4.69) is 124 Å². The number of hydrogen-bond acceptors (Lipinski definition) is 4. The molecule has 0 amide bonds. The highest BCUT2D eigenvalue weighted by molar-refractivity contribution is 6.12. The minimum Gasteiger partial charge on any atom is -0.309 e. The minimum atomic E-state index is 0.422. The number of nitrogens with zero attached hydrogens (tertiary/aromatic N) is 6. The average molecular weight is 765 g/mol. The summed E-state index contributed by atoms with van der Waals surface area (Å²) in [6.07, 6.45) is 0. The van der Waals surface area contributed by atoms with Gasteiger partial charge in [0.1, 0.15) is 0 Å². The summed E-state index contributed by atoms with van der Waals surface area (Å²) in [6.45, 7) is 0. The Kier molecular flexibility index (Phi) is 8.15. The zero-order valence-corrected chi connectivity index (χ0v) is 32.2. The van der Waals surface area contributed by atoms with Gasteiger partial charge in [0.05, 0.1) is 56.7 Å². The van der Waals surface area contributed by atoms with Gasteiger partial charge >= 0.3 is 0 Å².